The van der Waals surface area contributed by atoms with Crippen LogP contribution in [-0.4, -0.2) is 76.8 Å². The van der Waals surface area contributed by atoms with Gasteiger partial charge in [-0.25, -0.2) is 9.59 Å². The lowest BCUT2D eigenvalue weighted by atomic mass is 9.90. The van der Waals surface area contributed by atoms with Crippen LogP contribution in [0.4, 0.5) is 0 Å². The van der Waals surface area contributed by atoms with E-state index in [-0.39, 0.29) is 44.2 Å². The van der Waals surface area contributed by atoms with Gasteiger partial charge in [-0.2, -0.15) is 8.42 Å². The van der Waals surface area contributed by atoms with Crippen molar-refractivity contribution in [2.45, 2.75) is 104 Å². The first-order valence-corrected chi connectivity index (χ1v) is 20.7. The average Bonchev–Trinajstić information content (AvgIpc) is 3.17. The maximum absolute atomic E-state index is 12.4. The van der Waals surface area contributed by atoms with Crippen molar-refractivity contribution in [1.29, 1.82) is 0 Å². The molecule has 54 heavy (non-hydrogen) atoms. The summed E-state index contributed by atoms with van der Waals surface area (Å²) in [6.07, 6.45) is 10.4. The van der Waals surface area contributed by atoms with Gasteiger partial charge in [0.2, 0.25) is 0 Å². The van der Waals surface area contributed by atoms with Crippen LogP contribution in [0, 0.1) is 11.8 Å². The van der Waals surface area contributed by atoms with Gasteiger partial charge in [0.05, 0.1) is 18.1 Å². The number of carbonyl (C=O) groups excluding carboxylic acids is 2. The summed E-state index contributed by atoms with van der Waals surface area (Å²) in [5, 5.41) is 1.28. The van der Waals surface area contributed by atoms with Crippen LogP contribution in [0.1, 0.15) is 90.2 Å². The highest BCUT2D eigenvalue weighted by Gasteiger charge is 2.30. The molecule has 0 saturated heterocycles. The van der Waals surface area contributed by atoms with E-state index in [1.54, 1.807) is 0 Å². The van der Waals surface area contributed by atoms with Crippen LogP contribution in [0.3, 0.4) is 0 Å². The number of hydrogen-bond acceptors (Lipinski definition) is 10. The van der Waals surface area contributed by atoms with E-state index in [1.165, 1.54) is 6.08 Å². The number of ether oxygens (including phenoxy) is 6. The van der Waals surface area contributed by atoms with E-state index in [2.05, 4.69) is 40.9 Å². The molecule has 0 aromatic heterocycles. The third kappa shape index (κ3) is 13.9. The Morgan fingerprint density at radius 1 is 0.741 bits per heavy atom. The van der Waals surface area contributed by atoms with Crippen molar-refractivity contribution in [2.75, 3.05) is 39.6 Å². The molecule has 2 aromatic rings. The molecule has 12 heteroatoms. The van der Waals surface area contributed by atoms with E-state index in [1.807, 2.05) is 24.3 Å². The van der Waals surface area contributed by atoms with E-state index in [0.717, 1.165) is 63.5 Å². The highest BCUT2D eigenvalue weighted by Crippen LogP contribution is 2.45. The van der Waals surface area contributed by atoms with Gasteiger partial charge in [-0.3, -0.25) is 4.55 Å². The van der Waals surface area contributed by atoms with Gasteiger partial charge in [0.25, 0.3) is 10.1 Å². The van der Waals surface area contributed by atoms with Gasteiger partial charge in [0.1, 0.15) is 24.7 Å². The predicted molar refractivity (Wildman–Crippen MR) is 210 cm³/mol. The predicted octanol–water partition coefficient (Wildman–Crippen LogP) is 8.13. The van der Waals surface area contributed by atoms with Gasteiger partial charge in [0, 0.05) is 53.7 Å². The molecular formula is C42H60O11S. The van der Waals surface area contributed by atoms with Crippen LogP contribution < -0.4 is 9.47 Å². The first kappa shape index (κ1) is 44.7. The summed E-state index contributed by atoms with van der Waals surface area (Å²) < 4.78 is 70.8. The molecule has 0 spiro atoms. The third-order valence-corrected chi connectivity index (χ3v) is 10.7. The molecule has 300 valence electrons. The number of esters is 2. The molecule has 11 nitrogen and oxygen atoms in total. The molecule has 3 rings (SSSR count). The molecule has 0 radical (unpaired) electrons. The SMILES string of the molecule is C=CC(=O)OC(COCCC(CC)CCC)COc1c2c(c(OCC(COCCC(CC)CCC)OC(=O)C=C)c3ccccc13)CC(S(=O)(=O)O)=CC2. The standard InChI is InChI=1S/C42H60O11S/c1-7-15-30(9-3)21-23-48-26-32(52-39(43)11-5)28-50-41-35-17-13-14-18-36(35)42(38-25-34(54(45,46)47)19-20-37(38)41)51-29-33(53-40(44)12-6)27-49-24-22-31(10-4)16-8-2/h11-14,17-19,30-33H,5-10,15-16,20-29H2,1-4H3,(H,45,46,47). The fourth-order valence-electron chi connectivity index (χ4n) is 6.73. The molecule has 4 unspecified atom stereocenters. The summed E-state index contributed by atoms with van der Waals surface area (Å²) in [6, 6.07) is 7.34. The second-order valence-electron chi connectivity index (χ2n) is 13.7. The van der Waals surface area contributed by atoms with Crippen molar-refractivity contribution in [3.63, 3.8) is 0 Å². The quantitative estimate of drug-likeness (QED) is 0.0407. The fourth-order valence-corrected chi connectivity index (χ4v) is 7.35. The zero-order valence-electron chi connectivity index (χ0n) is 32.5. The molecule has 4 atom stereocenters. The molecule has 0 amide bonds. The number of allylic oxidation sites excluding steroid dienone is 2. The summed E-state index contributed by atoms with van der Waals surface area (Å²) in [6.45, 7) is 16.8. The number of rotatable bonds is 27. The molecule has 2 aromatic carbocycles. The van der Waals surface area contributed by atoms with Crippen molar-refractivity contribution in [2.24, 2.45) is 11.8 Å². The lowest BCUT2D eigenvalue weighted by Crippen LogP contribution is -2.30. The zero-order chi connectivity index (χ0) is 39.5. The summed E-state index contributed by atoms with van der Waals surface area (Å²) in [5.41, 5.74) is 1.14. The van der Waals surface area contributed by atoms with Gasteiger partial charge in [-0.05, 0) is 31.1 Å². The Bertz CT molecular complexity index is 1670. The van der Waals surface area contributed by atoms with E-state index in [9.17, 15) is 22.6 Å². The summed E-state index contributed by atoms with van der Waals surface area (Å²) in [4.78, 5) is 24.4. The molecule has 0 saturated carbocycles. The van der Waals surface area contributed by atoms with E-state index in [0.29, 0.717) is 58.4 Å². The minimum atomic E-state index is -4.52. The molecule has 1 aliphatic carbocycles. The zero-order valence-corrected chi connectivity index (χ0v) is 33.3. The van der Waals surface area contributed by atoms with Crippen molar-refractivity contribution >= 4 is 32.8 Å². The topological polar surface area (TPSA) is 144 Å². The number of benzene rings is 2. The lowest BCUT2D eigenvalue weighted by Gasteiger charge is -2.27. The van der Waals surface area contributed by atoms with Crippen molar-refractivity contribution < 1.29 is 51.0 Å². The summed E-state index contributed by atoms with van der Waals surface area (Å²) in [5.74, 6) is 0.696. The van der Waals surface area contributed by atoms with Gasteiger partial charge in [-0.15, -0.1) is 0 Å². The van der Waals surface area contributed by atoms with Crippen molar-refractivity contribution in [1.82, 2.24) is 0 Å². The monoisotopic (exact) mass is 772 g/mol. The summed E-state index contributed by atoms with van der Waals surface area (Å²) >= 11 is 0. The second kappa shape index (κ2) is 23.3. The van der Waals surface area contributed by atoms with Crippen LogP contribution in [-0.2, 0) is 51.5 Å². The number of hydrogen-bond donors (Lipinski definition) is 1. The number of fused-ring (bicyclic) bond motifs is 2. The molecule has 0 aliphatic heterocycles. The van der Waals surface area contributed by atoms with Crippen LogP contribution in [0.5, 0.6) is 11.5 Å². The van der Waals surface area contributed by atoms with E-state index >= 15 is 0 Å². The molecule has 0 bridgehead atoms. The molecule has 0 fully saturated rings. The van der Waals surface area contributed by atoms with Gasteiger partial charge in [0.15, 0.2) is 12.2 Å². The molecule has 1 aliphatic rings. The van der Waals surface area contributed by atoms with E-state index in [4.69, 9.17) is 28.4 Å². The van der Waals surface area contributed by atoms with Crippen molar-refractivity contribution in [3.8, 4) is 11.5 Å². The minimum absolute atomic E-state index is 0.0503. The Morgan fingerprint density at radius 3 is 1.61 bits per heavy atom. The van der Waals surface area contributed by atoms with Crippen LogP contribution in [0.15, 0.2) is 60.6 Å². The summed E-state index contributed by atoms with van der Waals surface area (Å²) in [7, 11) is -4.52. The Hall–Kier alpha value is -3.71. The molecule has 0 heterocycles. The largest absolute Gasteiger partial charge is 0.489 e. The minimum Gasteiger partial charge on any atom is -0.489 e. The van der Waals surface area contributed by atoms with Gasteiger partial charge >= 0.3 is 11.9 Å². The fraction of sp³-hybridized carbons (Fsp3) is 0.571. The van der Waals surface area contributed by atoms with Crippen molar-refractivity contribution in [3.05, 3.63) is 71.7 Å². The highest BCUT2D eigenvalue weighted by atomic mass is 32.2. The second-order valence-corrected chi connectivity index (χ2v) is 15.2. The average molecular weight is 773 g/mol. The maximum atomic E-state index is 12.4. The number of carbonyl (C=O) groups is 2. The Balaban J connectivity index is 1.93. The first-order chi connectivity index (χ1) is 26.0. The normalized spacial score (nSPS) is 14.9. The highest BCUT2D eigenvalue weighted by molar-refractivity contribution is 7.89. The van der Waals surface area contributed by atoms with Crippen LogP contribution in [0.25, 0.3) is 10.8 Å². The Morgan fingerprint density at radius 2 is 1.20 bits per heavy atom. The van der Waals surface area contributed by atoms with Gasteiger partial charge < -0.3 is 28.4 Å². The van der Waals surface area contributed by atoms with Crippen LogP contribution in [0.2, 0.25) is 0 Å². The van der Waals surface area contributed by atoms with E-state index < -0.39 is 34.3 Å². The molecule has 1 N–H and O–H groups in total. The smallest absolute Gasteiger partial charge is 0.330 e. The van der Waals surface area contributed by atoms with Gasteiger partial charge in [-0.1, -0.05) is 110 Å². The Kier molecular flexibility index (Phi) is 19.3. The Labute approximate surface area is 321 Å². The third-order valence-electron chi connectivity index (χ3n) is 9.77. The maximum Gasteiger partial charge on any atom is 0.330 e. The lowest BCUT2D eigenvalue weighted by molar-refractivity contribution is -0.148. The first-order valence-electron chi connectivity index (χ1n) is 19.3. The molecular weight excluding hydrogens is 713 g/mol. The van der Waals surface area contributed by atoms with Crippen LogP contribution >= 0.6 is 0 Å².